The number of hydrogen-bond donors (Lipinski definition) is 0. The Labute approximate surface area is 174 Å². The smallest absolute Gasteiger partial charge is 0.0331 e. The highest BCUT2D eigenvalue weighted by atomic mass is 32.1. The summed E-state index contributed by atoms with van der Waals surface area (Å²) in [7, 11) is 0. The first-order valence-electron chi connectivity index (χ1n) is 11.1. The number of rotatable bonds is 5. The highest BCUT2D eigenvalue weighted by molar-refractivity contribution is 7.09. The van der Waals surface area contributed by atoms with Crippen LogP contribution >= 0.6 is 11.3 Å². The molecule has 4 heteroatoms. The molecule has 1 spiro atoms. The number of likely N-dealkylation sites (tertiary alicyclic amines) is 2. The van der Waals surface area contributed by atoms with Gasteiger partial charge in [-0.25, -0.2) is 0 Å². The zero-order valence-electron chi connectivity index (χ0n) is 17.0. The summed E-state index contributed by atoms with van der Waals surface area (Å²) in [6.45, 7) is 11.1. The van der Waals surface area contributed by atoms with Gasteiger partial charge in [0.25, 0.3) is 0 Å². The van der Waals surface area contributed by atoms with Crippen LogP contribution in [0.15, 0.2) is 41.8 Å². The Kier molecular flexibility index (Phi) is 5.56. The Morgan fingerprint density at radius 2 is 1.57 bits per heavy atom. The fourth-order valence-corrected chi connectivity index (χ4v) is 6.39. The number of thiophene rings is 1. The summed E-state index contributed by atoms with van der Waals surface area (Å²) >= 11 is 1.90. The van der Waals surface area contributed by atoms with E-state index in [1.165, 1.54) is 76.4 Å². The van der Waals surface area contributed by atoms with Gasteiger partial charge in [0.2, 0.25) is 0 Å². The molecular weight excluding hydrogens is 362 g/mol. The van der Waals surface area contributed by atoms with Crippen molar-refractivity contribution in [1.82, 2.24) is 14.7 Å². The van der Waals surface area contributed by atoms with E-state index in [0.717, 1.165) is 13.1 Å². The fraction of sp³-hybridized carbons (Fsp3) is 0.583. The second-order valence-electron chi connectivity index (χ2n) is 9.05. The van der Waals surface area contributed by atoms with Crippen molar-refractivity contribution in [3.05, 3.63) is 57.8 Å². The van der Waals surface area contributed by atoms with Gasteiger partial charge in [-0.3, -0.25) is 4.90 Å². The van der Waals surface area contributed by atoms with Crippen LogP contribution in [0.4, 0.5) is 0 Å². The van der Waals surface area contributed by atoms with E-state index in [4.69, 9.17) is 0 Å². The van der Waals surface area contributed by atoms with Crippen LogP contribution in [0.5, 0.6) is 0 Å². The molecule has 0 bridgehead atoms. The van der Waals surface area contributed by atoms with Gasteiger partial charge >= 0.3 is 0 Å². The van der Waals surface area contributed by atoms with E-state index in [2.05, 4.69) is 56.5 Å². The second-order valence-corrected chi connectivity index (χ2v) is 10.1. The van der Waals surface area contributed by atoms with E-state index in [0.29, 0.717) is 5.41 Å². The molecule has 0 atom stereocenters. The quantitative estimate of drug-likeness (QED) is 0.751. The Balaban J connectivity index is 1.27. The minimum atomic E-state index is 0.357. The monoisotopic (exact) mass is 395 g/mol. The summed E-state index contributed by atoms with van der Waals surface area (Å²) in [6, 6.07) is 13.8. The van der Waals surface area contributed by atoms with Crippen LogP contribution in [-0.4, -0.2) is 60.5 Å². The minimum absolute atomic E-state index is 0.357. The molecule has 150 valence electrons. The number of benzene rings is 1. The van der Waals surface area contributed by atoms with Gasteiger partial charge in [0.05, 0.1) is 0 Å². The van der Waals surface area contributed by atoms with Crippen LogP contribution in [-0.2, 0) is 18.5 Å². The lowest BCUT2D eigenvalue weighted by Crippen LogP contribution is -2.52. The summed E-state index contributed by atoms with van der Waals surface area (Å²) in [5.41, 5.74) is 3.57. The molecule has 1 aromatic heterocycles. The number of nitrogens with zero attached hydrogens (tertiary/aromatic N) is 3. The summed E-state index contributed by atoms with van der Waals surface area (Å²) in [5, 5.41) is 2.21. The molecule has 2 fully saturated rings. The van der Waals surface area contributed by atoms with Crippen molar-refractivity contribution in [2.24, 2.45) is 0 Å². The SMILES string of the molecule is c1csc(CN2Cc3ccccc3C3(CCN(CCN4CCCC4)CC3)C2)c1. The molecule has 0 amide bonds. The average Bonchev–Trinajstić information content (AvgIpc) is 3.42. The largest absolute Gasteiger partial charge is 0.302 e. The van der Waals surface area contributed by atoms with Crippen molar-refractivity contribution in [3.8, 4) is 0 Å². The number of hydrogen-bond acceptors (Lipinski definition) is 4. The van der Waals surface area contributed by atoms with Gasteiger partial charge in [0, 0.05) is 43.0 Å². The zero-order chi connectivity index (χ0) is 18.8. The maximum absolute atomic E-state index is 2.73. The van der Waals surface area contributed by atoms with Crippen molar-refractivity contribution in [3.63, 3.8) is 0 Å². The Morgan fingerprint density at radius 1 is 0.821 bits per heavy atom. The maximum Gasteiger partial charge on any atom is 0.0331 e. The summed E-state index contributed by atoms with van der Waals surface area (Å²) in [4.78, 5) is 9.58. The molecule has 28 heavy (non-hydrogen) atoms. The highest BCUT2D eigenvalue weighted by Gasteiger charge is 2.41. The molecule has 0 N–H and O–H groups in total. The van der Waals surface area contributed by atoms with E-state index in [1.807, 2.05) is 11.3 Å². The molecule has 0 saturated carbocycles. The third-order valence-electron chi connectivity index (χ3n) is 7.21. The van der Waals surface area contributed by atoms with Gasteiger partial charge in [-0.1, -0.05) is 30.3 Å². The lowest BCUT2D eigenvalue weighted by Gasteiger charge is -2.49. The number of fused-ring (bicyclic) bond motifs is 2. The molecule has 0 radical (unpaired) electrons. The molecule has 0 aliphatic carbocycles. The van der Waals surface area contributed by atoms with Gasteiger partial charge in [-0.15, -0.1) is 11.3 Å². The molecule has 2 aromatic rings. The fourth-order valence-electron chi connectivity index (χ4n) is 5.64. The van der Waals surface area contributed by atoms with Crippen LogP contribution in [0, 0.1) is 0 Å². The highest BCUT2D eigenvalue weighted by Crippen LogP contribution is 2.42. The molecule has 3 aliphatic heterocycles. The van der Waals surface area contributed by atoms with Crippen molar-refractivity contribution >= 4 is 11.3 Å². The van der Waals surface area contributed by atoms with E-state index >= 15 is 0 Å². The first-order valence-corrected chi connectivity index (χ1v) is 12.0. The lowest BCUT2D eigenvalue weighted by molar-refractivity contribution is 0.0900. The lowest BCUT2D eigenvalue weighted by atomic mass is 9.69. The maximum atomic E-state index is 2.73. The van der Waals surface area contributed by atoms with E-state index in [-0.39, 0.29) is 0 Å². The van der Waals surface area contributed by atoms with Crippen LogP contribution < -0.4 is 0 Å². The molecule has 3 nitrogen and oxygen atoms in total. The molecule has 0 unspecified atom stereocenters. The normalized spacial score (nSPS) is 23.3. The van der Waals surface area contributed by atoms with E-state index in [9.17, 15) is 0 Å². The topological polar surface area (TPSA) is 9.72 Å². The molecular formula is C24H33N3S. The molecule has 4 heterocycles. The average molecular weight is 396 g/mol. The predicted molar refractivity (Wildman–Crippen MR) is 118 cm³/mol. The van der Waals surface area contributed by atoms with Crippen LogP contribution in [0.1, 0.15) is 41.7 Å². The van der Waals surface area contributed by atoms with Crippen LogP contribution in [0.25, 0.3) is 0 Å². The third kappa shape index (κ3) is 3.93. The third-order valence-corrected chi connectivity index (χ3v) is 8.07. The van der Waals surface area contributed by atoms with Crippen molar-refractivity contribution in [2.45, 2.75) is 44.2 Å². The van der Waals surface area contributed by atoms with E-state index in [1.54, 1.807) is 11.1 Å². The molecule has 2 saturated heterocycles. The molecule has 5 rings (SSSR count). The summed E-state index contributed by atoms with van der Waals surface area (Å²) in [5.74, 6) is 0. The van der Waals surface area contributed by atoms with Gasteiger partial charge in [0.15, 0.2) is 0 Å². The van der Waals surface area contributed by atoms with Gasteiger partial charge in [0.1, 0.15) is 0 Å². The summed E-state index contributed by atoms with van der Waals surface area (Å²) < 4.78 is 0. The Hall–Kier alpha value is -1.20. The van der Waals surface area contributed by atoms with Crippen molar-refractivity contribution in [1.29, 1.82) is 0 Å². The molecule has 1 aromatic carbocycles. The van der Waals surface area contributed by atoms with Gasteiger partial charge < -0.3 is 9.80 Å². The van der Waals surface area contributed by atoms with E-state index < -0.39 is 0 Å². The van der Waals surface area contributed by atoms with Crippen molar-refractivity contribution in [2.75, 3.05) is 45.8 Å². The second kappa shape index (κ2) is 8.27. The first kappa shape index (κ1) is 18.8. The standard InChI is InChI=1S/C24H33N3S/c1-2-8-23-21(6-1)18-27(19-22-7-5-17-28-22)20-24(23)9-13-26(14-10-24)16-15-25-11-3-4-12-25/h1-2,5-8,17H,3-4,9-16,18-20H2. The van der Waals surface area contributed by atoms with Gasteiger partial charge in [-0.2, -0.15) is 0 Å². The first-order chi connectivity index (χ1) is 13.8. The minimum Gasteiger partial charge on any atom is -0.302 e. The Morgan fingerprint density at radius 3 is 2.32 bits per heavy atom. The number of piperidine rings is 1. The van der Waals surface area contributed by atoms with Crippen LogP contribution in [0.2, 0.25) is 0 Å². The zero-order valence-corrected chi connectivity index (χ0v) is 17.8. The Bertz CT molecular complexity index is 758. The summed E-state index contributed by atoms with van der Waals surface area (Å²) in [6.07, 6.45) is 5.43. The van der Waals surface area contributed by atoms with Gasteiger partial charge in [-0.05, 0) is 74.4 Å². The predicted octanol–water partition coefficient (Wildman–Crippen LogP) is 4.19. The van der Waals surface area contributed by atoms with Crippen molar-refractivity contribution < 1.29 is 0 Å². The van der Waals surface area contributed by atoms with Crippen LogP contribution in [0.3, 0.4) is 0 Å². The molecule has 3 aliphatic rings.